The normalized spacial score (nSPS) is 16.4. The Balaban J connectivity index is 0.000000174. The lowest BCUT2D eigenvalue weighted by Gasteiger charge is -2.07. The molecule has 1 unspecified atom stereocenters. The van der Waals surface area contributed by atoms with Gasteiger partial charge in [0.15, 0.2) is 11.5 Å². The van der Waals surface area contributed by atoms with Crippen LogP contribution in [0.15, 0.2) is 24.3 Å². The third kappa shape index (κ3) is 4.52. The van der Waals surface area contributed by atoms with Gasteiger partial charge in [-0.15, -0.1) is 0 Å². The van der Waals surface area contributed by atoms with Crippen molar-refractivity contribution >= 4 is 11.8 Å². The smallest absolute Gasteiger partial charge is 0.358 e. The average Bonchev–Trinajstić information content (AvgIpc) is 2.71. The highest BCUT2D eigenvalue weighted by Crippen LogP contribution is 2.19. The van der Waals surface area contributed by atoms with Crippen molar-refractivity contribution in [2.45, 2.75) is 45.6 Å². The van der Waals surface area contributed by atoms with Gasteiger partial charge in [-0.25, -0.2) is 14.8 Å². The number of hydrogen-bond acceptors (Lipinski definition) is 5. The van der Waals surface area contributed by atoms with Crippen LogP contribution >= 0.6 is 0 Å². The molecule has 6 heteroatoms. The first-order chi connectivity index (χ1) is 11.4. The van der Waals surface area contributed by atoms with Crippen LogP contribution in [0.25, 0.3) is 0 Å². The zero-order valence-electron chi connectivity index (χ0n) is 14.1. The van der Waals surface area contributed by atoms with Gasteiger partial charge >= 0.3 is 5.97 Å². The van der Waals surface area contributed by atoms with Crippen LogP contribution in [-0.2, 0) is 12.8 Å². The average molecular weight is 328 g/mol. The largest absolute Gasteiger partial charge is 0.476 e. The number of carboxylic acid groups (broad SMARTS) is 1. The summed E-state index contributed by atoms with van der Waals surface area (Å²) in [6.45, 7) is 3.42. The number of nitrogens with zero attached hydrogens (tertiary/aromatic N) is 2. The molecule has 6 nitrogen and oxygen atoms in total. The monoisotopic (exact) mass is 328 g/mol. The van der Waals surface area contributed by atoms with Crippen LogP contribution in [0.1, 0.15) is 45.8 Å². The van der Waals surface area contributed by atoms with E-state index in [2.05, 4.69) is 34.2 Å². The number of aromatic nitrogens is 2. The third-order valence-electron chi connectivity index (χ3n) is 4.16. The minimum atomic E-state index is -1.15. The van der Waals surface area contributed by atoms with Crippen LogP contribution in [0.5, 0.6) is 0 Å². The molecule has 0 saturated carbocycles. The second kappa shape index (κ2) is 7.88. The Bertz CT molecular complexity index is 731. The molecular weight excluding hydrogens is 304 g/mol. The number of nitrogen functional groups attached to an aromatic ring is 1. The molecule has 0 aliphatic heterocycles. The van der Waals surface area contributed by atoms with Crippen molar-refractivity contribution in [1.29, 1.82) is 0 Å². The van der Waals surface area contributed by atoms with Gasteiger partial charge in [-0.2, -0.15) is 0 Å². The van der Waals surface area contributed by atoms with Gasteiger partial charge in [0, 0.05) is 6.04 Å². The van der Waals surface area contributed by atoms with Gasteiger partial charge in [0.2, 0.25) is 0 Å². The zero-order chi connectivity index (χ0) is 17.7. The number of hydrogen-bond donors (Lipinski definition) is 3. The van der Waals surface area contributed by atoms with Gasteiger partial charge in [0.05, 0.1) is 11.4 Å². The van der Waals surface area contributed by atoms with E-state index in [1.165, 1.54) is 30.4 Å². The molecule has 128 valence electrons. The van der Waals surface area contributed by atoms with Gasteiger partial charge in [-0.3, -0.25) is 0 Å². The van der Waals surface area contributed by atoms with E-state index < -0.39 is 5.97 Å². The summed E-state index contributed by atoms with van der Waals surface area (Å²) in [4.78, 5) is 18.1. The number of carbonyl (C=O) groups is 1. The van der Waals surface area contributed by atoms with Crippen molar-refractivity contribution in [3.05, 3.63) is 52.5 Å². The highest BCUT2D eigenvalue weighted by molar-refractivity contribution is 5.90. The van der Waals surface area contributed by atoms with Gasteiger partial charge in [-0.05, 0) is 50.7 Å². The van der Waals surface area contributed by atoms with Crippen molar-refractivity contribution in [1.82, 2.24) is 9.97 Å². The van der Waals surface area contributed by atoms with Crippen LogP contribution in [0.2, 0.25) is 0 Å². The molecular formula is C18H24N4O2. The highest BCUT2D eigenvalue weighted by atomic mass is 16.4. The van der Waals surface area contributed by atoms with Gasteiger partial charge in [0.1, 0.15) is 0 Å². The van der Waals surface area contributed by atoms with Crippen molar-refractivity contribution in [3.63, 3.8) is 0 Å². The summed E-state index contributed by atoms with van der Waals surface area (Å²) in [7, 11) is 0. The Hall–Kier alpha value is -2.47. The number of aryl methyl sites for hydroxylation is 3. The third-order valence-corrected chi connectivity index (χ3v) is 4.16. The molecule has 5 N–H and O–H groups in total. The number of aromatic carboxylic acids is 1. The number of anilines is 1. The summed E-state index contributed by atoms with van der Waals surface area (Å²) in [5.41, 5.74) is 15.3. The summed E-state index contributed by atoms with van der Waals surface area (Å²) < 4.78 is 0. The van der Waals surface area contributed by atoms with E-state index in [9.17, 15) is 4.79 Å². The van der Waals surface area contributed by atoms with Gasteiger partial charge in [-0.1, -0.05) is 24.3 Å². The lowest BCUT2D eigenvalue weighted by atomic mass is 10.0. The molecule has 0 amide bonds. The minimum absolute atomic E-state index is 0.0365. The molecule has 0 radical (unpaired) electrons. The maximum Gasteiger partial charge on any atom is 0.358 e. The molecule has 24 heavy (non-hydrogen) atoms. The predicted octanol–water partition coefficient (Wildman–Crippen LogP) is 2.27. The van der Waals surface area contributed by atoms with E-state index in [-0.39, 0.29) is 11.5 Å². The van der Waals surface area contributed by atoms with E-state index in [0.717, 1.165) is 6.42 Å². The van der Waals surface area contributed by atoms with Crippen molar-refractivity contribution < 1.29 is 9.90 Å². The van der Waals surface area contributed by atoms with Crippen LogP contribution in [0, 0.1) is 13.8 Å². The SMILES string of the molecule is Cc1nc(N)c(C(=O)O)nc1C.NC1CCCc2ccccc2C1. The fourth-order valence-corrected chi connectivity index (χ4v) is 2.72. The fourth-order valence-electron chi connectivity index (χ4n) is 2.72. The Morgan fingerprint density at radius 3 is 2.46 bits per heavy atom. The molecule has 0 spiro atoms. The fraction of sp³-hybridized carbons (Fsp3) is 0.389. The second-order valence-corrected chi connectivity index (χ2v) is 6.06. The lowest BCUT2D eigenvalue weighted by Crippen LogP contribution is -2.21. The predicted molar refractivity (Wildman–Crippen MR) is 93.9 cm³/mol. The Labute approximate surface area is 141 Å². The van der Waals surface area contributed by atoms with Gasteiger partial charge in [0.25, 0.3) is 0 Å². The highest BCUT2D eigenvalue weighted by Gasteiger charge is 2.13. The first-order valence-electron chi connectivity index (χ1n) is 8.05. The summed E-state index contributed by atoms with van der Waals surface area (Å²) in [5, 5.41) is 8.60. The molecule has 1 heterocycles. The first kappa shape index (κ1) is 17.9. The standard InChI is InChI=1S/C11H15N.C7H9N3O2/c12-11-7-3-6-9-4-1-2-5-10(9)8-11;1-3-4(2)10-6(8)5(9-3)7(11)12/h1-2,4-5,11H,3,6-8,12H2;1-2H3,(H2,8,10)(H,11,12). The van der Waals surface area contributed by atoms with E-state index in [1.807, 2.05) is 0 Å². The summed E-state index contributed by atoms with van der Waals surface area (Å²) >= 11 is 0. The lowest BCUT2D eigenvalue weighted by molar-refractivity contribution is 0.0691. The first-order valence-corrected chi connectivity index (χ1v) is 8.05. The van der Waals surface area contributed by atoms with Crippen molar-refractivity contribution in [2.24, 2.45) is 5.73 Å². The Morgan fingerprint density at radius 1 is 1.17 bits per heavy atom. The molecule has 1 aromatic carbocycles. The number of benzene rings is 1. The molecule has 0 fully saturated rings. The molecule has 0 bridgehead atoms. The quantitative estimate of drug-likeness (QED) is 0.692. The van der Waals surface area contributed by atoms with E-state index >= 15 is 0 Å². The molecule has 1 aliphatic carbocycles. The molecule has 2 aromatic rings. The molecule has 3 rings (SSSR count). The topological polar surface area (TPSA) is 115 Å². The zero-order valence-corrected chi connectivity index (χ0v) is 14.1. The van der Waals surface area contributed by atoms with Crippen LogP contribution < -0.4 is 11.5 Å². The number of rotatable bonds is 1. The summed E-state index contributed by atoms with van der Waals surface area (Å²) in [5.74, 6) is -1.19. The maximum atomic E-state index is 10.5. The van der Waals surface area contributed by atoms with Crippen LogP contribution in [0.4, 0.5) is 5.82 Å². The van der Waals surface area contributed by atoms with E-state index in [4.69, 9.17) is 16.6 Å². The second-order valence-electron chi connectivity index (χ2n) is 6.06. The molecule has 0 saturated heterocycles. The van der Waals surface area contributed by atoms with Crippen molar-refractivity contribution in [3.8, 4) is 0 Å². The van der Waals surface area contributed by atoms with Crippen LogP contribution in [-0.4, -0.2) is 27.1 Å². The molecule has 1 aromatic heterocycles. The van der Waals surface area contributed by atoms with E-state index in [0.29, 0.717) is 17.4 Å². The Morgan fingerprint density at radius 2 is 1.79 bits per heavy atom. The molecule has 1 atom stereocenters. The van der Waals surface area contributed by atoms with Crippen molar-refractivity contribution in [2.75, 3.05) is 5.73 Å². The van der Waals surface area contributed by atoms with E-state index in [1.54, 1.807) is 13.8 Å². The summed E-state index contributed by atoms with van der Waals surface area (Å²) in [6, 6.07) is 9.05. The van der Waals surface area contributed by atoms with Crippen LogP contribution in [0.3, 0.4) is 0 Å². The minimum Gasteiger partial charge on any atom is -0.476 e. The number of carboxylic acids is 1. The summed E-state index contributed by atoms with van der Waals surface area (Å²) in [6.07, 6.45) is 4.70. The number of nitrogens with two attached hydrogens (primary N) is 2. The maximum absolute atomic E-state index is 10.5. The molecule has 1 aliphatic rings. The van der Waals surface area contributed by atoms with Gasteiger partial charge < -0.3 is 16.6 Å². The number of fused-ring (bicyclic) bond motifs is 1. The Kier molecular flexibility index (Phi) is 5.87.